The number of rotatable bonds is 10. The zero-order chi connectivity index (χ0) is 27.4. The van der Waals surface area contributed by atoms with E-state index in [1.54, 1.807) is 37.4 Å². The van der Waals surface area contributed by atoms with Crippen molar-refractivity contribution in [2.45, 2.75) is 64.5 Å². The summed E-state index contributed by atoms with van der Waals surface area (Å²) in [5, 5.41) is 27.4. The molecule has 1 fully saturated rings. The maximum atomic E-state index is 13.0. The summed E-state index contributed by atoms with van der Waals surface area (Å²) in [6.07, 6.45) is 7.73. The van der Waals surface area contributed by atoms with Gasteiger partial charge < -0.3 is 20.5 Å². The Morgan fingerprint density at radius 3 is 2.61 bits per heavy atom. The number of imidazole rings is 1. The zero-order valence-electron chi connectivity index (χ0n) is 21.8. The molecule has 38 heavy (non-hydrogen) atoms. The van der Waals surface area contributed by atoms with Crippen LogP contribution in [0.5, 0.6) is 5.75 Å². The second-order valence-electron chi connectivity index (χ2n) is 9.75. The number of ether oxygens (including phenoxy) is 1. The molecule has 11 heteroatoms. The lowest BCUT2D eigenvalue weighted by Gasteiger charge is -2.24. The Balaban J connectivity index is 1.77. The molecule has 1 saturated carbocycles. The standard InChI is InChI=1S/C27H33N5O6/c1-4-16(2)23(27(34)35)30-26(33)18-12-13-31-22(15-18)29-24(25(31)28-19-8-6-5-7-9-19)17-10-11-21(38-3)20(14-17)32(36)37/h10-16,19,23,28H,4-9H2,1-3H3,(H,30,33)(H,34,35). The number of nitro groups is 1. The number of nitrogens with one attached hydrogen (secondary N) is 2. The molecular weight excluding hydrogens is 490 g/mol. The summed E-state index contributed by atoms with van der Waals surface area (Å²) in [6.45, 7) is 3.65. The van der Waals surface area contributed by atoms with Gasteiger partial charge in [-0.05, 0) is 43.0 Å². The number of benzene rings is 1. The van der Waals surface area contributed by atoms with Crippen molar-refractivity contribution in [1.82, 2.24) is 14.7 Å². The Morgan fingerprint density at radius 2 is 1.97 bits per heavy atom. The van der Waals surface area contributed by atoms with Crippen molar-refractivity contribution in [1.29, 1.82) is 0 Å². The van der Waals surface area contributed by atoms with E-state index in [-0.39, 0.29) is 29.0 Å². The minimum absolute atomic E-state index is 0.151. The summed E-state index contributed by atoms with van der Waals surface area (Å²) >= 11 is 0. The number of carboxylic acids is 1. The zero-order valence-corrected chi connectivity index (χ0v) is 21.8. The van der Waals surface area contributed by atoms with E-state index in [0.29, 0.717) is 29.1 Å². The summed E-state index contributed by atoms with van der Waals surface area (Å²) < 4.78 is 6.97. The lowest BCUT2D eigenvalue weighted by molar-refractivity contribution is -0.385. The molecule has 0 radical (unpaired) electrons. The summed E-state index contributed by atoms with van der Waals surface area (Å²) in [5.74, 6) is -1.00. The highest BCUT2D eigenvalue weighted by molar-refractivity contribution is 5.97. The van der Waals surface area contributed by atoms with E-state index < -0.39 is 22.8 Å². The average molecular weight is 524 g/mol. The molecule has 2 aromatic heterocycles. The van der Waals surface area contributed by atoms with Gasteiger partial charge in [-0.1, -0.05) is 39.5 Å². The first-order chi connectivity index (χ1) is 18.2. The van der Waals surface area contributed by atoms with Crippen molar-refractivity contribution in [2.24, 2.45) is 5.92 Å². The fourth-order valence-electron chi connectivity index (χ4n) is 4.85. The maximum absolute atomic E-state index is 13.0. The summed E-state index contributed by atoms with van der Waals surface area (Å²) in [4.78, 5) is 40.6. The lowest BCUT2D eigenvalue weighted by atomic mass is 9.95. The molecule has 1 aliphatic carbocycles. The van der Waals surface area contributed by atoms with E-state index in [1.807, 2.05) is 11.3 Å². The van der Waals surface area contributed by atoms with Gasteiger partial charge in [-0.3, -0.25) is 19.3 Å². The summed E-state index contributed by atoms with van der Waals surface area (Å²) in [5.41, 5.74) is 1.61. The molecule has 2 atom stereocenters. The molecule has 2 unspecified atom stereocenters. The van der Waals surface area contributed by atoms with Gasteiger partial charge in [0.05, 0.1) is 12.0 Å². The molecule has 202 valence electrons. The van der Waals surface area contributed by atoms with E-state index >= 15 is 0 Å². The number of hydrogen-bond donors (Lipinski definition) is 3. The smallest absolute Gasteiger partial charge is 0.326 e. The van der Waals surface area contributed by atoms with Crippen LogP contribution in [0.2, 0.25) is 0 Å². The Kier molecular flexibility index (Phi) is 8.13. The third kappa shape index (κ3) is 5.56. The molecule has 0 spiro atoms. The number of aliphatic carboxylic acids is 1. The minimum Gasteiger partial charge on any atom is -0.490 e. The quantitative estimate of drug-likeness (QED) is 0.251. The van der Waals surface area contributed by atoms with Crippen LogP contribution < -0.4 is 15.4 Å². The molecule has 1 aliphatic rings. The Labute approximate surface area is 220 Å². The van der Waals surface area contributed by atoms with E-state index in [0.717, 1.165) is 25.7 Å². The number of carbonyl (C=O) groups excluding carboxylic acids is 1. The van der Waals surface area contributed by atoms with Crippen LogP contribution in [0, 0.1) is 16.0 Å². The molecule has 3 N–H and O–H groups in total. The average Bonchev–Trinajstić information content (AvgIpc) is 3.28. The number of hydrogen-bond acceptors (Lipinski definition) is 7. The molecule has 0 saturated heterocycles. The van der Waals surface area contributed by atoms with Crippen molar-refractivity contribution in [2.75, 3.05) is 12.4 Å². The predicted octanol–water partition coefficient (Wildman–Crippen LogP) is 4.89. The predicted molar refractivity (Wildman–Crippen MR) is 143 cm³/mol. The summed E-state index contributed by atoms with van der Waals surface area (Å²) in [7, 11) is 1.38. The number of carbonyl (C=O) groups is 2. The minimum atomic E-state index is -1.09. The number of fused-ring (bicyclic) bond motifs is 1. The van der Waals surface area contributed by atoms with Crippen molar-refractivity contribution >= 4 is 29.0 Å². The molecule has 1 amide bonds. The first-order valence-electron chi connectivity index (χ1n) is 12.9. The fraction of sp³-hybridized carbons (Fsp3) is 0.444. The Morgan fingerprint density at radius 1 is 1.24 bits per heavy atom. The van der Waals surface area contributed by atoms with Gasteiger partial charge in [0.15, 0.2) is 5.75 Å². The van der Waals surface area contributed by atoms with Gasteiger partial charge in [-0.25, -0.2) is 9.78 Å². The van der Waals surface area contributed by atoms with Crippen LogP contribution in [0.25, 0.3) is 16.9 Å². The van der Waals surface area contributed by atoms with Gasteiger partial charge in [0.2, 0.25) is 0 Å². The number of methoxy groups -OCH3 is 1. The highest BCUT2D eigenvalue weighted by Gasteiger charge is 2.27. The number of nitrogens with zero attached hydrogens (tertiary/aromatic N) is 3. The van der Waals surface area contributed by atoms with Gasteiger partial charge in [0, 0.05) is 29.4 Å². The highest BCUT2D eigenvalue weighted by Crippen LogP contribution is 2.36. The topological polar surface area (TPSA) is 148 Å². The van der Waals surface area contributed by atoms with E-state index in [1.165, 1.54) is 19.6 Å². The first-order valence-corrected chi connectivity index (χ1v) is 12.9. The Hall–Kier alpha value is -4.15. The van der Waals surface area contributed by atoms with Crippen LogP contribution in [-0.4, -0.2) is 50.5 Å². The molecule has 4 rings (SSSR count). The molecule has 3 aromatic rings. The number of anilines is 1. The number of nitro benzene ring substituents is 1. The molecule has 11 nitrogen and oxygen atoms in total. The van der Waals surface area contributed by atoms with Gasteiger partial charge in [-0.2, -0.15) is 0 Å². The largest absolute Gasteiger partial charge is 0.490 e. The SMILES string of the molecule is CCC(C)C(NC(=O)c1ccn2c(NC3CCCCC3)c(-c3ccc(OC)c([N+](=O)[O-])c3)nc2c1)C(=O)O. The third-order valence-corrected chi connectivity index (χ3v) is 7.25. The van der Waals surface area contributed by atoms with Crippen LogP contribution >= 0.6 is 0 Å². The Bertz CT molecular complexity index is 1350. The highest BCUT2D eigenvalue weighted by atomic mass is 16.6. The van der Waals surface area contributed by atoms with Crippen LogP contribution in [0.3, 0.4) is 0 Å². The van der Waals surface area contributed by atoms with Gasteiger partial charge in [0.25, 0.3) is 5.91 Å². The molecule has 0 bridgehead atoms. The lowest BCUT2D eigenvalue weighted by Crippen LogP contribution is -2.45. The van der Waals surface area contributed by atoms with Gasteiger partial charge in [-0.15, -0.1) is 0 Å². The van der Waals surface area contributed by atoms with Crippen LogP contribution in [0.15, 0.2) is 36.5 Å². The maximum Gasteiger partial charge on any atom is 0.326 e. The van der Waals surface area contributed by atoms with E-state index in [9.17, 15) is 24.8 Å². The van der Waals surface area contributed by atoms with Crippen molar-refractivity contribution < 1.29 is 24.4 Å². The van der Waals surface area contributed by atoms with Crippen LogP contribution in [0.4, 0.5) is 11.5 Å². The number of aromatic nitrogens is 2. The van der Waals surface area contributed by atoms with Crippen molar-refractivity contribution in [3.05, 3.63) is 52.2 Å². The molecule has 0 aliphatic heterocycles. The van der Waals surface area contributed by atoms with Crippen LogP contribution in [0.1, 0.15) is 62.7 Å². The number of amides is 1. The normalized spacial score (nSPS) is 15.6. The van der Waals surface area contributed by atoms with Gasteiger partial charge in [0.1, 0.15) is 23.2 Å². The fourth-order valence-corrected chi connectivity index (χ4v) is 4.85. The number of pyridine rings is 1. The van der Waals surface area contributed by atoms with E-state index in [2.05, 4.69) is 10.6 Å². The second kappa shape index (κ2) is 11.5. The van der Waals surface area contributed by atoms with Crippen LogP contribution in [-0.2, 0) is 4.79 Å². The summed E-state index contributed by atoms with van der Waals surface area (Å²) in [6, 6.07) is 7.12. The molecular formula is C27H33N5O6. The molecule has 2 heterocycles. The second-order valence-corrected chi connectivity index (χ2v) is 9.75. The third-order valence-electron chi connectivity index (χ3n) is 7.25. The number of carboxylic acid groups (broad SMARTS) is 1. The van der Waals surface area contributed by atoms with Crippen molar-refractivity contribution in [3.63, 3.8) is 0 Å². The first kappa shape index (κ1) is 26.9. The van der Waals surface area contributed by atoms with E-state index in [4.69, 9.17) is 9.72 Å². The monoisotopic (exact) mass is 523 g/mol. The van der Waals surface area contributed by atoms with Crippen molar-refractivity contribution in [3.8, 4) is 17.0 Å². The van der Waals surface area contributed by atoms with Gasteiger partial charge >= 0.3 is 11.7 Å². The molecule has 1 aromatic carbocycles.